The highest BCUT2D eigenvalue weighted by Crippen LogP contribution is 2.48. The van der Waals surface area contributed by atoms with Crippen LogP contribution in [0.3, 0.4) is 0 Å². The molecule has 0 radical (unpaired) electrons. The van der Waals surface area contributed by atoms with Crippen molar-refractivity contribution in [2.45, 2.75) is 37.5 Å². The van der Waals surface area contributed by atoms with Gasteiger partial charge in [-0.3, -0.25) is 0 Å². The molecule has 0 aromatic heterocycles. The van der Waals surface area contributed by atoms with Crippen molar-refractivity contribution >= 4 is 34.8 Å². The molecule has 2 aromatic rings. The highest BCUT2D eigenvalue weighted by molar-refractivity contribution is 6.37. The third-order valence-electron chi connectivity index (χ3n) is 4.78. The summed E-state index contributed by atoms with van der Waals surface area (Å²) in [6, 6.07) is 8.92. The molecule has 1 saturated carbocycles. The Bertz CT molecular complexity index is 714. The first kappa shape index (κ1) is 16.8. The zero-order valence-electron chi connectivity index (χ0n) is 12.5. The minimum absolute atomic E-state index is 0.0724. The second-order valence-electron chi connectivity index (χ2n) is 6.10. The Balaban J connectivity index is 2.19. The van der Waals surface area contributed by atoms with Crippen LogP contribution in [0.15, 0.2) is 30.3 Å². The zero-order valence-corrected chi connectivity index (χ0v) is 14.7. The molecule has 3 rings (SSSR count). The molecule has 0 amide bonds. The van der Waals surface area contributed by atoms with E-state index in [1.807, 2.05) is 12.1 Å². The van der Waals surface area contributed by atoms with Crippen molar-refractivity contribution in [3.05, 3.63) is 56.5 Å². The largest absolute Gasteiger partial charge is 0.506 e. The maximum atomic E-state index is 9.85. The van der Waals surface area contributed by atoms with Crippen LogP contribution in [0.25, 0.3) is 0 Å². The summed E-state index contributed by atoms with van der Waals surface area (Å²) in [6.07, 6.45) is 5.27. The van der Waals surface area contributed by atoms with Crippen LogP contribution in [-0.2, 0) is 5.41 Å². The van der Waals surface area contributed by atoms with Gasteiger partial charge >= 0.3 is 0 Å². The van der Waals surface area contributed by atoms with Gasteiger partial charge in [0.15, 0.2) is 5.75 Å². The lowest BCUT2D eigenvalue weighted by molar-refractivity contribution is 0.345. The Kier molecular flexibility index (Phi) is 4.68. The number of rotatable bonds is 2. The van der Waals surface area contributed by atoms with E-state index in [0.717, 1.165) is 36.8 Å². The molecular formula is C18H17Cl3O2. The van der Waals surface area contributed by atoms with Gasteiger partial charge in [-0.05, 0) is 48.2 Å². The smallest absolute Gasteiger partial charge is 0.152 e. The van der Waals surface area contributed by atoms with Crippen molar-refractivity contribution in [2.75, 3.05) is 0 Å². The maximum Gasteiger partial charge on any atom is 0.152 e. The fourth-order valence-electron chi connectivity index (χ4n) is 3.55. The average molecular weight is 372 g/mol. The highest BCUT2D eigenvalue weighted by Gasteiger charge is 2.37. The van der Waals surface area contributed by atoms with Gasteiger partial charge in [0.25, 0.3) is 0 Å². The fourth-order valence-corrected chi connectivity index (χ4v) is 4.21. The van der Waals surface area contributed by atoms with Crippen LogP contribution in [0, 0.1) is 0 Å². The summed E-state index contributed by atoms with van der Waals surface area (Å²) in [5.41, 5.74) is 1.76. The zero-order chi connectivity index (χ0) is 16.6. The van der Waals surface area contributed by atoms with E-state index in [4.69, 9.17) is 34.8 Å². The van der Waals surface area contributed by atoms with Gasteiger partial charge in [0.05, 0.1) is 15.1 Å². The van der Waals surface area contributed by atoms with E-state index in [1.54, 1.807) is 18.2 Å². The van der Waals surface area contributed by atoms with Gasteiger partial charge in [0.2, 0.25) is 0 Å². The summed E-state index contributed by atoms with van der Waals surface area (Å²) in [5.74, 6) is -0.0186. The lowest BCUT2D eigenvalue weighted by atomic mass is 9.65. The van der Waals surface area contributed by atoms with E-state index in [-0.39, 0.29) is 27.0 Å². The summed E-state index contributed by atoms with van der Waals surface area (Å²) < 4.78 is 0. The molecular weight excluding hydrogens is 355 g/mol. The summed E-state index contributed by atoms with van der Waals surface area (Å²) in [7, 11) is 0. The Morgan fingerprint density at radius 1 is 0.739 bits per heavy atom. The van der Waals surface area contributed by atoms with Crippen molar-refractivity contribution in [1.29, 1.82) is 0 Å². The van der Waals surface area contributed by atoms with E-state index >= 15 is 0 Å². The predicted molar refractivity (Wildman–Crippen MR) is 95.1 cm³/mol. The Hall–Kier alpha value is -1.09. The van der Waals surface area contributed by atoms with E-state index in [1.165, 1.54) is 6.42 Å². The summed E-state index contributed by atoms with van der Waals surface area (Å²) in [5, 5.41) is 20.4. The van der Waals surface area contributed by atoms with Crippen LogP contribution in [0.1, 0.15) is 43.2 Å². The number of phenolic OH excluding ortho intramolecular Hbond substituents is 2. The molecule has 1 aliphatic carbocycles. The molecule has 0 unspecified atom stereocenters. The molecule has 0 saturated heterocycles. The number of hydrogen-bond acceptors (Lipinski definition) is 2. The quantitative estimate of drug-likeness (QED) is 0.649. The molecule has 0 heterocycles. The molecule has 0 spiro atoms. The number of phenols is 2. The van der Waals surface area contributed by atoms with Crippen molar-refractivity contribution in [1.82, 2.24) is 0 Å². The van der Waals surface area contributed by atoms with Gasteiger partial charge in [-0.15, -0.1) is 0 Å². The first-order chi connectivity index (χ1) is 10.9. The number of halogens is 3. The number of benzene rings is 2. The number of hydrogen-bond donors (Lipinski definition) is 2. The summed E-state index contributed by atoms with van der Waals surface area (Å²) in [4.78, 5) is 0. The molecule has 2 N–H and O–H groups in total. The van der Waals surface area contributed by atoms with Gasteiger partial charge < -0.3 is 10.2 Å². The third kappa shape index (κ3) is 3.00. The summed E-state index contributed by atoms with van der Waals surface area (Å²) >= 11 is 18.4. The van der Waals surface area contributed by atoms with E-state index < -0.39 is 0 Å². The lowest BCUT2D eigenvalue weighted by Crippen LogP contribution is -2.30. The van der Waals surface area contributed by atoms with Crippen LogP contribution in [0.4, 0.5) is 0 Å². The molecule has 1 fully saturated rings. The van der Waals surface area contributed by atoms with Crippen molar-refractivity contribution < 1.29 is 10.2 Å². The molecule has 2 aromatic carbocycles. The van der Waals surface area contributed by atoms with Crippen LogP contribution >= 0.6 is 34.8 Å². The van der Waals surface area contributed by atoms with Gasteiger partial charge in [0.1, 0.15) is 5.75 Å². The maximum absolute atomic E-state index is 9.85. The van der Waals surface area contributed by atoms with Crippen LogP contribution in [0.2, 0.25) is 15.1 Å². The standard InChI is InChI=1S/C18H17Cl3O2/c19-13-8-11(4-5-16(13)22)18(6-2-1-3-7-18)12-9-14(20)17(23)15(21)10-12/h4-5,8-10,22-23H,1-3,6-7H2. The number of aromatic hydroxyl groups is 2. The van der Waals surface area contributed by atoms with E-state index in [0.29, 0.717) is 5.02 Å². The first-order valence-corrected chi connectivity index (χ1v) is 8.75. The molecule has 1 aliphatic rings. The Morgan fingerprint density at radius 3 is 1.87 bits per heavy atom. The Morgan fingerprint density at radius 2 is 1.30 bits per heavy atom. The van der Waals surface area contributed by atoms with E-state index in [2.05, 4.69) is 0 Å². The second-order valence-corrected chi connectivity index (χ2v) is 7.32. The molecule has 2 nitrogen and oxygen atoms in total. The topological polar surface area (TPSA) is 40.5 Å². The Labute approximate surface area is 150 Å². The molecule has 0 bridgehead atoms. The molecule has 122 valence electrons. The third-order valence-corrected chi connectivity index (χ3v) is 5.66. The minimum atomic E-state index is -0.253. The summed E-state index contributed by atoms with van der Waals surface area (Å²) in [6.45, 7) is 0. The van der Waals surface area contributed by atoms with Crippen LogP contribution in [-0.4, -0.2) is 10.2 Å². The van der Waals surface area contributed by atoms with Gasteiger partial charge in [-0.1, -0.05) is 60.1 Å². The van der Waals surface area contributed by atoms with Crippen molar-refractivity contribution in [3.8, 4) is 11.5 Å². The average Bonchev–Trinajstić information content (AvgIpc) is 2.55. The second kappa shape index (κ2) is 6.43. The molecule has 0 atom stereocenters. The molecule has 0 aliphatic heterocycles. The van der Waals surface area contributed by atoms with Crippen LogP contribution < -0.4 is 0 Å². The fraction of sp³-hybridized carbons (Fsp3) is 0.333. The van der Waals surface area contributed by atoms with Crippen molar-refractivity contribution in [2.24, 2.45) is 0 Å². The van der Waals surface area contributed by atoms with Gasteiger partial charge in [0, 0.05) is 5.41 Å². The predicted octanol–water partition coefficient (Wildman–Crippen LogP) is 6.31. The molecule has 23 heavy (non-hydrogen) atoms. The SMILES string of the molecule is Oc1ccc(C2(c3cc(Cl)c(O)c(Cl)c3)CCCCC2)cc1Cl. The van der Waals surface area contributed by atoms with Gasteiger partial charge in [-0.25, -0.2) is 0 Å². The first-order valence-electron chi connectivity index (χ1n) is 7.61. The van der Waals surface area contributed by atoms with E-state index in [9.17, 15) is 10.2 Å². The highest BCUT2D eigenvalue weighted by atomic mass is 35.5. The monoisotopic (exact) mass is 370 g/mol. The van der Waals surface area contributed by atoms with Crippen molar-refractivity contribution in [3.63, 3.8) is 0 Å². The minimum Gasteiger partial charge on any atom is -0.506 e. The normalized spacial score (nSPS) is 17.2. The van der Waals surface area contributed by atoms with Gasteiger partial charge in [-0.2, -0.15) is 0 Å². The lowest BCUT2D eigenvalue weighted by Gasteiger charge is -2.39. The van der Waals surface area contributed by atoms with Crippen LogP contribution in [0.5, 0.6) is 11.5 Å². The molecule has 5 heteroatoms.